The predicted molar refractivity (Wildman–Crippen MR) is 85.7 cm³/mol. The van der Waals surface area contributed by atoms with Crippen LogP contribution in [0.5, 0.6) is 0 Å². The summed E-state index contributed by atoms with van der Waals surface area (Å²) in [7, 11) is 0. The number of aryl methyl sites for hydroxylation is 1. The zero-order valence-electron chi connectivity index (χ0n) is 12.7. The lowest BCUT2D eigenvalue weighted by Crippen LogP contribution is -2.15. The third kappa shape index (κ3) is 2.45. The van der Waals surface area contributed by atoms with Crippen molar-refractivity contribution < 1.29 is 5.11 Å². The van der Waals surface area contributed by atoms with Crippen LogP contribution in [0.15, 0.2) is 48.5 Å². The highest BCUT2D eigenvalue weighted by Gasteiger charge is 2.18. The molecule has 0 aliphatic carbocycles. The van der Waals surface area contributed by atoms with Gasteiger partial charge in [0.05, 0.1) is 16.6 Å². The molecule has 0 unspecified atom stereocenters. The van der Waals surface area contributed by atoms with E-state index in [1.165, 1.54) is 0 Å². The maximum absolute atomic E-state index is 10.2. The molecule has 3 nitrogen and oxygen atoms in total. The Morgan fingerprint density at radius 2 is 1.81 bits per heavy atom. The molecule has 1 N–H and O–H groups in total. The van der Waals surface area contributed by atoms with Crippen molar-refractivity contribution in [1.82, 2.24) is 9.55 Å². The van der Waals surface area contributed by atoms with Crippen molar-refractivity contribution in [3.05, 3.63) is 59.9 Å². The number of benzene rings is 2. The first-order chi connectivity index (χ1) is 10.0. The fourth-order valence-corrected chi connectivity index (χ4v) is 2.61. The number of para-hydroxylation sites is 1. The van der Waals surface area contributed by atoms with Crippen LogP contribution < -0.4 is 0 Å². The largest absolute Gasteiger partial charge is 0.386 e. The van der Waals surface area contributed by atoms with Crippen molar-refractivity contribution >= 4 is 11.0 Å². The second kappa shape index (κ2) is 5.01. The first kappa shape index (κ1) is 13.8. The molecule has 0 atom stereocenters. The van der Waals surface area contributed by atoms with E-state index in [2.05, 4.69) is 23.6 Å². The van der Waals surface area contributed by atoms with E-state index in [9.17, 15) is 5.11 Å². The number of imidazole rings is 1. The van der Waals surface area contributed by atoms with Crippen LogP contribution in [0.2, 0.25) is 0 Å². The lowest BCUT2D eigenvalue weighted by atomic mass is 9.98. The van der Waals surface area contributed by atoms with Crippen LogP contribution in [0.3, 0.4) is 0 Å². The summed E-state index contributed by atoms with van der Waals surface area (Å²) in [5, 5.41) is 10.2. The molecule has 2 aromatic carbocycles. The van der Waals surface area contributed by atoms with E-state index < -0.39 is 5.60 Å². The number of hydrogen-bond donors (Lipinski definition) is 1. The molecule has 3 aromatic rings. The van der Waals surface area contributed by atoms with Crippen molar-refractivity contribution in [1.29, 1.82) is 0 Å². The van der Waals surface area contributed by atoms with Crippen LogP contribution in [0.1, 0.15) is 32.2 Å². The quantitative estimate of drug-likeness (QED) is 0.792. The van der Waals surface area contributed by atoms with Gasteiger partial charge >= 0.3 is 0 Å². The average molecular weight is 280 g/mol. The Hall–Kier alpha value is -2.13. The van der Waals surface area contributed by atoms with E-state index in [-0.39, 0.29) is 0 Å². The van der Waals surface area contributed by atoms with Crippen LogP contribution in [0.25, 0.3) is 16.7 Å². The maximum atomic E-state index is 10.2. The van der Waals surface area contributed by atoms with Crippen molar-refractivity contribution in [2.24, 2.45) is 0 Å². The Kier molecular flexibility index (Phi) is 3.30. The van der Waals surface area contributed by atoms with E-state index in [0.29, 0.717) is 0 Å². The van der Waals surface area contributed by atoms with Gasteiger partial charge in [0.2, 0.25) is 0 Å². The van der Waals surface area contributed by atoms with Crippen molar-refractivity contribution in [2.45, 2.75) is 32.8 Å². The summed E-state index contributed by atoms with van der Waals surface area (Å²) in [6.07, 6.45) is 0.863. The smallest absolute Gasteiger partial charge is 0.114 e. The monoisotopic (exact) mass is 280 g/mol. The predicted octanol–water partition coefficient (Wildman–Crippen LogP) is 3.82. The molecule has 3 rings (SSSR count). The van der Waals surface area contributed by atoms with Gasteiger partial charge in [-0.15, -0.1) is 0 Å². The Bertz CT molecular complexity index is 767. The van der Waals surface area contributed by atoms with Gasteiger partial charge in [-0.3, -0.25) is 4.57 Å². The molecule has 0 saturated heterocycles. The van der Waals surface area contributed by atoms with Crippen LogP contribution in [0, 0.1) is 0 Å². The standard InChI is InChI=1S/C18H20N2O/c1-4-17-19-15-12-13(18(2,3)21)10-11-16(15)20(17)14-8-6-5-7-9-14/h5-12,21H,4H2,1-3H3. The minimum Gasteiger partial charge on any atom is -0.386 e. The van der Waals surface area contributed by atoms with Gasteiger partial charge in [0, 0.05) is 12.1 Å². The fraction of sp³-hybridized carbons (Fsp3) is 0.278. The summed E-state index contributed by atoms with van der Waals surface area (Å²) in [6, 6.07) is 16.3. The second-order valence-electron chi connectivity index (χ2n) is 5.82. The Labute approximate surface area is 124 Å². The number of aliphatic hydroxyl groups is 1. The molecule has 0 fully saturated rings. The molecule has 0 amide bonds. The van der Waals surface area contributed by atoms with Crippen LogP contribution in [-0.2, 0) is 12.0 Å². The first-order valence-corrected chi connectivity index (χ1v) is 7.30. The highest BCUT2D eigenvalue weighted by atomic mass is 16.3. The summed E-state index contributed by atoms with van der Waals surface area (Å²) >= 11 is 0. The van der Waals surface area contributed by atoms with E-state index >= 15 is 0 Å². The highest BCUT2D eigenvalue weighted by Crippen LogP contribution is 2.27. The molecule has 1 aromatic heterocycles. The topological polar surface area (TPSA) is 38.1 Å². The minimum atomic E-state index is -0.850. The number of hydrogen-bond acceptors (Lipinski definition) is 2. The van der Waals surface area contributed by atoms with Crippen molar-refractivity contribution in [3.63, 3.8) is 0 Å². The van der Waals surface area contributed by atoms with Gasteiger partial charge in [-0.1, -0.05) is 31.2 Å². The van der Waals surface area contributed by atoms with Crippen molar-refractivity contribution in [3.8, 4) is 5.69 Å². The van der Waals surface area contributed by atoms with Gasteiger partial charge < -0.3 is 5.11 Å². The number of aromatic nitrogens is 2. The van der Waals surface area contributed by atoms with E-state index in [0.717, 1.165) is 34.5 Å². The van der Waals surface area contributed by atoms with E-state index in [1.54, 1.807) is 13.8 Å². The molecule has 0 spiro atoms. The molecule has 0 radical (unpaired) electrons. The van der Waals surface area contributed by atoms with E-state index in [4.69, 9.17) is 4.98 Å². The zero-order chi connectivity index (χ0) is 15.0. The molecule has 3 heteroatoms. The Balaban J connectivity index is 2.25. The van der Waals surface area contributed by atoms with Gasteiger partial charge in [-0.05, 0) is 43.7 Å². The molecular weight excluding hydrogens is 260 g/mol. The van der Waals surface area contributed by atoms with Crippen LogP contribution in [-0.4, -0.2) is 14.7 Å². The van der Waals surface area contributed by atoms with Crippen LogP contribution >= 0.6 is 0 Å². The fourth-order valence-electron chi connectivity index (χ4n) is 2.61. The average Bonchev–Trinajstić information content (AvgIpc) is 2.84. The molecule has 0 saturated carbocycles. The molecular formula is C18H20N2O. The Morgan fingerprint density at radius 1 is 1.10 bits per heavy atom. The normalized spacial score (nSPS) is 12.0. The lowest BCUT2D eigenvalue weighted by Gasteiger charge is -2.17. The van der Waals surface area contributed by atoms with Gasteiger partial charge in [0.1, 0.15) is 5.82 Å². The molecule has 108 valence electrons. The van der Waals surface area contributed by atoms with Gasteiger partial charge in [-0.2, -0.15) is 0 Å². The van der Waals surface area contributed by atoms with Crippen molar-refractivity contribution in [2.75, 3.05) is 0 Å². The lowest BCUT2D eigenvalue weighted by molar-refractivity contribution is 0.0787. The molecule has 0 bridgehead atoms. The summed E-state index contributed by atoms with van der Waals surface area (Å²) in [4.78, 5) is 4.73. The van der Waals surface area contributed by atoms with Gasteiger partial charge in [-0.25, -0.2) is 4.98 Å². The molecule has 21 heavy (non-hydrogen) atoms. The maximum Gasteiger partial charge on any atom is 0.114 e. The molecule has 1 heterocycles. The summed E-state index contributed by atoms with van der Waals surface area (Å²) in [5.41, 5.74) is 3.15. The van der Waals surface area contributed by atoms with E-state index in [1.807, 2.05) is 36.4 Å². The third-order valence-electron chi connectivity index (χ3n) is 3.76. The van der Waals surface area contributed by atoms with Gasteiger partial charge in [0.25, 0.3) is 0 Å². The summed E-state index contributed by atoms with van der Waals surface area (Å²) in [6.45, 7) is 5.70. The third-order valence-corrected chi connectivity index (χ3v) is 3.76. The minimum absolute atomic E-state index is 0.850. The highest BCUT2D eigenvalue weighted by molar-refractivity contribution is 5.79. The second-order valence-corrected chi connectivity index (χ2v) is 5.82. The summed E-state index contributed by atoms with van der Waals surface area (Å²) < 4.78 is 2.18. The zero-order valence-corrected chi connectivity index (χ0v) is 12.7. The molecule has 0 aliphatic rings. The first-order valence-electron chi connectivity index (χ1n) is 7.30. The Morgan fingerprint density at radius 3 is 2.43 bits per heavy atom. The van der Waals surface area contributed by atoms with Crippen LogP contribution in [0.4, 0.5) is 0 Å². The summed E-state index contributed by atoms with van der Waals surface area (Å²) in [5.74, 6) is 1.03. The SMILES string of the molecule is CCc1nc2cc(C(C)(C)O)ccc2n1-c1ccccc1. The number of nitrogens with zero attached hydrogens (tertiary/aromatic N) is 2. The van der Waals surface area contributed by atoms with Gasteiger partial charge in [0.15, 0.2) is 0 Å². The number of rotatable bonds is 3. The molecule has 0 aliphatic heterocycles. The number of fused-ring (bicyclic) bond motifs is 1.